The van der Waals surface area contributed by atoms with Crippen LogP contribution in [0.5, 0.6) is 17.2 Å². The molecule has 0 bridgehead atoms. The molecule has 0 saturated heterocycles. The molecule has 0 amide bonds. The van der Waals surface area contributed by atoms with Gasteiger partial charge in [0.05, 0.1) is 16.4 Å². The van der Waals surface area contributed by atoms with Gasteiger partial charge in [-0.25, -0.2) is 0 Å². The van der Waals surface area contributed by atoms with Crippen LogP contribution in [0.3, 0.4) is 0 Å². The van der Waals surface area contributed by atoms with Gasteiger partial charge < -0.3 is 15.2 Å². The molecular formula is C12H8BrF3N2O2. The number of nitrogens with two attached hydrogens (primary N) is 1. The Balaban J connectivity index is 2.19. The van der Waals surface area contributed by atoms with Crippen molar-refractivity contribution in [1.82, 2.24) is 4.98 Å². The first-order valence-corrected chi connectivity index (χ1v) is 6.07. The highest BCUT2D eigenvalue weighted by Crippen LogP contribution is 2.35. The van der Waals surface area contributed by atoms with E-state index in [0.29, 0.717) is 17.2 Å². The largest absolute Gasteiger partial charge is 0.573 e. The van der Waals surface area contributed by atoms with E-state index in [1.54, 1.807) is 6.07 Å². The Kier molecular flexibility index (Phi) is 4.03. The van der Waals surface area contributed by atoms with Gasteiger partial charge in [0.25, 0.3) is 0 Å². The molecule has 1 aromatic carbocycles. The van der Waals surface area contributed by atoms with Crippen LogP contribution in [0.4, 0.5) is 18.9 Å². The lowest BCUT2D eigenvalue weighted by atomic mass is 10.3. The number of hydrogen-bond acceptors (Lipinski definition) is 4. The van der Waals surface area contributed by atoms with Crippen molar-refractivity contribution >= 4 is 21.6 Å². The summed E-state index contributed by atoms with van der Waals surface area (Å²) in [5, 5.41) is 0. The molecular weight excluding hydrogens is 341 g/mol. The van der Waals surface area contributed by atoms with Gasteiger partial charge in [0, 0.05) is 12.3 Å². The van der Waals surface area contributed by atoms with Gasteiger partial charge in [0.2, 0.25) is 0 Å². The van der Waals surface area contributed by atoms with Crippen LogP contribution in [0.1, 0.15) is 0 Å². The van der Waals surface area contributed by atoms with Gasteiger partial charge in [-0.15, -0.1) is 13.2 Å². The van der Waals surface area contributed by atoms with Crippen molar-refractivity contribution in [3.05, 3.63) is 41.1 Å². The van der Waals surface area contributed by atoms with Crippen molar-refractivity contribution in [1.29, 1.82) is 0 Å². The Morgan fingerprint density at radius 1 is 1.15 bits per heavy atom. The summed E-state index contributed by atoms with van der Waals surface area (Å²) in [5.41, 5.74) is 5.97. The fourth-order valence-corrected chi connectivity index (χ4v) is 1.81. The molecule has 0 aliphatic heterocycles. The van der Waals surface area contributed by atoms with Crippen LogP contribution in [0.2, 0.25) is 0 Å². The first-order chi connectivity index (χ1) is 9.35. The first kappa shape index (κ1) is 14.4. The van der Waals surface area contributed by atoms with E-state index in [0.717, 1.165) is 6.07 Å². The van der Waals surface area contributed by atoms with Crippen LogP contribution >= 0.6 is 15.9 Å². The third-order valence-corrected chi connectivity index (χ3v) is 2.79. The monoisotopic (exact) mass is 348 g/mol. The Bertz CT molecular complexity index is 620. The first-order valence-electron chi connectivity index (χ1n) is 5.28. The minimum absolute atomic E-state index is 0.111. The topological polar surface area (TPSA) is 57.4 Å². The summed E-state index contributed by atoms with van der Waals surface area (Å²) in [6, 6.07) is 5.38. The molecule has 0 aliphatic carbocycles. The third kappa shape index (κ3) is 3.77. The van der Waals surface area contributed by atoms with Gasteiger partial charge in [0.1, 0.15) is 11.5 Å². The van der Waals surface area contributed by atoms with E-state index < -0.39 is 6.36 Å². The minimum atomic E-state index is -4.75. The van der Waals surface area contributed by atoms with E-state index in [1.165, 1.54) is 24.5 Å². The molecule has 1 heterocycles. The number of nitrogens with zero attached hydrogens (tertiary/aromatic N) is 1. The lowest BCUT2D eigenvalue weighted by Gasteiger charge is -2.12. The maximum atomic E-state index is 12.1. The summed E-state index contributed by atoms with van der Waals surface area (Å²) < 4.78 is 45.8. The molecule has 2 N–H and O–H groups in total. The standard InChI is InChI=1S/C12H8BrF3N2O2/c13-8-5-7(1-2-10(8)20-12(14,15)16)19-11-3-4-18-6-9(11)17/h1-6H,17H2. The van der Waals surface area contributed by atoms with Gasteiger partial charge in [-0.3, -0.25) is 4.98 Å². The van der Waals surface area contributed by atoms with E-state index in [4.69, 9.17) is 10.5 Å². The maximum Gasteiger partial charge on any atom is 0.573 e. The van der Waals surface area contributed by atoms with Crippen LogP contribution < -0.4 is 15.2 Å². The summed E-state index contributed by atoms with van der Waals surface area (Å²) in [4.78, 5) is 3.80. The Labute approximate surface area is 120 Å². The molecule has 0 aliphatic rings. The summed E-state index contributed by atoms with van der Waals surface area (Å²) in [6.45, 7) is 0. The van der Waals surface area contributed by atoms with Gasteiger partial charge in [-0.1, -0.05) is 0 Å². The van der Waals surface area contributed by atoms with Crippen LogP contribution in [0.15, 0.2) is 41.1 Å². The summed E-state index contributed by atoms with van der Waals surface area (Å²) in [7, 11) is 0. The summed E-state index contributed by atoms with van der Waals surface area (Å²) in [6.07, 6.45) is -1.85. The molecule has 1 aromatic heterocycles. The van der Waals surface area contributed by atoms with Crippen molar-refractivity contribution in [3.8, 4) is 17.2 Å². The van der Waals surface area contributed by atoms with Crippen molar-refractivity contribution < 1.29 is 22.6 Å². The van der Waals surface area contributed by atoms with Crippen LogP contribution in [-0.4, -0.2) is 11.3 Å². The van der Waals surface area contributed by atoms with Gasteiger partial charge in [-0.2, -0.15) is 0 Å². The second-order valence-electron chi connectivity index (χ2n) is 3.66. The van der Waals surface area contributed by atoms with Crippen LogP contribution in [0.25, 0.3) is 0 Å². The molecule has 0 unspecified atom stereocenters. The Hall–Kier alpha value is -1.96. The smallest absolute Gasteiger partial charge is 0.455 e. The molecule has 0 radical (unpaired) electrons. The summed E-state index contributed by atoms with van der Waals surface area (Å²) >= 11 is 2.98. The zero-order valence-corrected chi connectivity index (χ0v) is 11.4. The SMILES string of the molecule is Nc1cnccc1Oc1ccc(OC(F)(F)F)c(Br)c1. The van der Waals surface area contributed by atoms with Crippen molar-refractivity contribution in [2.45, 2.75) is 6.36 Å². The van der Waals surface area contributed by atoms with Crippen molar-refractivity contribution in [3.63, 3.8) is 0 Å². The lowest BCUT2D eigenvalue weighted by Crippen LogP contribution is -2.17. The van der Waals surface area contributed by atoms with E-state index in [9.17, 15) is 13.2 Å². The molecule has 2 rings (SSSR count). The van der Waals surface area contributed by atoms with E-state index in [-0.39, 0.29) is 10.2 Å². The van der Waals surface area contributed by atoms with E-state index in [2.05, 4.69) is 25.7 Å². The van der Waals surface area contributed by atoms with Crippen molar-refractivity contribution in [2.24, 2.45) is 0 Å². The molecule has 0 atom stereocenters. The van der Waals surface area contributed by atoms with Gasteiger partial charge in [-0.05, 0) is 34.1 Å². The fraction of sp³-hybridized carbons (Fsp3) is 0.0833. The Morgan fingerprint density at radius 2 is 1.90 bits per heavy atom. The molecule has 20 heavy (non-hydrogen) atoms. The quantitative estimate of drug-likeness (QED) is 0.906. The highest BCUT2D eigenvalue weighted by atomic mass is 79.9. The summed E-state index contributed by atoms with van der Waals surface area (Å²) in [5.74, 6) is 0.313. The number of aromatic nitrogens is 1. The number of benzene rings is 1. The third-order valence-electron chi connectivity index (χ3n) is 2.17. The van der Waals surface area contributed by atoms with Gasteiger partial charge >= 0.3 is 6.36 Å². The number of rotatable bonds is 3. The average Bonchev–Trinajstić information content (AvgIpc) is 2.34. The molecule has 0 spiro atoms. The molecule has 8 heteroatoms. The highest BCUT2D eigenvalue weighted by Gasteiger charge is 2.32. The van der Waals surface area contributed by atoms with Crippen molar-refractivity contribution in [2.75, 3.05) is 5.73 Å². The highest BCUT2D eigenvalue weighted by molar-refractivity contribution is 9.10. The van der Waals surface area contributed by atoms with E-state index >= 15 is 0 Å². The van der Waals surface area contributed by atoms with E-state index in [1.807, 2.05) is 0 Å². The van der Waals surface area contributed by atoms with Gasteiger partial charge in [0.15, 0.2) is 5.75 Å². The number of halogens is 4. The number of hydrogen-bond donors (Lipinski definition) is 1. The average molecular weight is 349 g/mol. The number of anilines is 1. The maximum absolute atomic E-state index is 12.1. The van der Waals surface area contributed by atoms with Crippen LogP contribution in [-0.2, 0) is 0 Å². The number of nitrogen functional groups attached to an aromatic ring is 1. The second kappa shape index (κ2) is 5.58. The lowest BCUT2D eigenvalue weighted by molar-refractivity contribution is -0.274. The number of pyridine rings is 1. The second-order valence-corrected chi connectivity index (χ2v) is 4.51. The molecule has 2 aromatic rings. The normalized spacial score (nSPS) is 11.2. The predicted molar refractivity (Wildman–Crippen MR) is 69.5 cm³/mol. The van der Waals surface area contributed by atoms with Crippen LogP contribution in [0, 0.1) is 0 Å². The molecule has 0 saturated carbocycles. The zero-order chi connectivity index (χ0) is 14.8. The minimum Gasteiger partial charge on any atom is -0.455 e. The molecule has 0 fully saturated rings. The Morgan fingerprint density at radius 3 is 2.50 bits per heavy atom. The molecule has 4 nitrogen and oxygen atoms in total. The number of alkyl halides is 3. The predicted octanol–water partition coefficient (Wildman–Crippen LogP) is 4.12. The number of ether oxygens (including phenoxy) is 2. The zero-order valence-electron chi connectivity index (χ0n) is 9.82. The molecule has 106 valence electrons. The fourth-order valence-electron chi connectivity index (χ4n) is 1.37.